The van der Waals surface area contributed by atoms with Gasteiger partial charge < -0.3 is 35.4 Å². The van der Waals surface area contributed by atoms with E-state index in [0.717, 1.165) is 36.4 Å². The van der Waals surface area contributed by atoms with Gasteiger partial charge in [0.05, 0.1) is 12.2 Å². The molecule has 1 unspecified atom stereocenters. The number of carbonyl (C=O) groups excluding carboxylic acids is 3. The maximum absolute atomic E-state index is 14.9. The monoisotopic (exact) mass is 650 g/mol. The number of amides is 3. The Labute approximate surface area is 236 Å². The molecule has 3 aromatic rings. The number of carbonyl (C=O) groups is 3. The number of hydrogen-bond donors (Lipinski definition) is 3. The van der Waals surface area contributed by atoms with Crippen LogP contribution in [-0.4, -0.2) is 42.8 Å². The van der Waals surface area contributed by atoms with Crippen LogP contribution >= 0.6 is 15.9 Å². The Balaban J connectivity index is 1.85. The highest BCUT2D eigenvalue weighted by Gasteiger charge is 2.31. The van der Waals surface area contributed by atoms with E-state index in [-0.39, 0.29) is 41.4 Å². The summed E-state index contributed by atoms with van der Waals surface area (Å²) in [6, 6.07) is 5.48. The number of hydrogen-bond acceptors (Lipinski definition) is 8. The molecule has 2 aromatic carbocycles. The second-order valence-corrected chi connectivity index (χ2v) is 8.72. The van der Waals surface area contributed by atoms with Gasteiger partial charge in [0.25, 0.3) is 5.91 Å². The van der Waals surface area contributed by atoms with Crippen molar-refractivity contribution >= 4 is 34.0 Å². The van der Waals surface area contributed by atoms with Crippen LogP contribution in [0.3, 0.4) is 0 Å². The third-order valence-corrected chi connectivity index (χ3v) is 5.67. The van der Waals surface area contributed by atoms with Gasteiger partial charge in [-0.1, -0.05) is 12.1 Å². The normalized spacial score (nSPS) is 12.0. The fourth-order valence-corrected chi connectivity index (χ4v) is 3.73. The van der Waals surface area contributed by atoms with Gasteiger partial charge in [-0.3, -0.25) is 4.79 Å². The highest BCUT2D eigenvalue weighted by Crippen LogP contribution is 2.36. The van der Waals surface area contributed by atoms with E-state index in [1.807, 2.05) is 0 Å². The molecule has 1 aromatic heterocycles. The summed E-state index contributed by atoms with van der Waals surface area (Å²) in [6.07, 6.45) is -7.87. The first-order chi connectivity index (χ1) is 19.3. The Morgan fingerprint density at radius 2 is 1.73 bits per heavy atom. The van der Waals surface area contributed by atoms with Gasteiger partial charge >= 0.3 is 18.4 Å². The van der Waals surface area contributed by atoms with Gasteiger partial charge in [-0.05, 0) is 46.6 Å². The van der Waals surface area contributed by atoms with E-state index in [1.54, 1.807) is 0 Å². The molecule has 17 heteroatoms. The van der Waals surface area contributed by atoms with Crippen LogP contribution in [0.4, 0.5) is 31.5 Å². The number of ether oxygens (including phenoxy) is 3. The Morgan fingerprint density at radius 3 is 2.34 bits per heavy atom. The molecule has 5 N–H and O–H groups in total. The van der Waals surface area contributed by atoms with Crippen LogP contribution in [-0.2, 0) is 15.7 Å². The van der Waals surface area contributed by atoms with E-state index >= 15 is 0 Å². The molecule has 0 saturated heterocycles. The second kappa shape index (κ2) is 13.3. The van der Waals surface area contributed by atoms with Gasteiger partial charge in [0.1, 0.15) is 23.7 Å². The van der Waals surface area contributed by atoms with E-state index in [4.69, 9.17) is 25.4 Å². The average molecular weight is 651 g/mol. The molecular formula is C24H20BrF5N4O7. The smallest absolute Gasteiger partial charge is 0.416 e. The topological polar surface area (TPSA) is 169 Å². The van der Waals surface area contributed by atoms with Crippen molar-refractivity contribution in [1.29, 1.82) is 0 Å². The largest absolute Gasteiger partial charge is 0.474 e. The molecule has 3 amide bonds. The number of oxazole rings is 1. The van der Waals surface area contributed by atoms with Crippen LogP contribution < -0.4 is 21.5 Å². The molecular weight excluding hydrogens is 631 g/mol. The fraction of sp³-hybridized carbons (Fsp3) is 0.250. The Bertz CT molecular complexity index is 1420. The average Bonchev–Trinajstić information content (AvgIpc) is 3.28. The standard InChI is InChI=1S/C24H20BrF5N4O7/c25-19-18(11-2-4-12(5-3-11)24(28,29)30)34-21(41-19)15(10-39-23(37)33-8-1-9-38-22(32)36)40-14-7-6-13(26)16(17(14)27)20(31)35/h2-7,15H,1,8-10H2,(H2,31,35)(H2,32,36)(H,33,37). The van der Waals surface area contributed by atoms with E-state index in [2.05, 4.69) is 31.0 Å². The van der Waals surface area contributed by atoms with Crippen LogP contribution in [0, 0.1) is 11.6 Å². The lowest BCUT2D eigenvalue weighted by molar-refractivity contribution is -0.137. The molecule has 220 valence electrons. The first kappa shape index (κ1) is 31.1. The van der Waals surface area contributed by atoms with Gasteiger partial charge in [-0.15, -0.1) is 0 Å². The van der Waals surface area contributed by atoms with Crippen LogP contribution in [0.15, 0.2) is 45.5 Å². The Kier molecular flexibility index (Phi) is 10.1. The summed E-state index contributed by atoms with van der Waals surface area (Å²) < 4.78 is 88.2. The molecule has 0 aliphatic rings. The van der Waals surface area contributed by atoms with Crippen molar-refractivity contribution in [3.05, 3.63) is 69.7 Å². The van der Waals surface area contributed by atoms with Crippen molar-refractivity contribution in [2.24, 2.45) is 11.5 Å². The molecule has 1 atom stereocenters. The third-order valence-electron chi connectivity index (χ3n) is 5.14. The maximum atomic E-state index is 14.9. The number of aromatic nitrogens is 1. The zero-order valence-corrected chi connectivity index (χ0v) is 22.2. The molecule has 0 aliphatic heterocycles. The number of nitrogens with one attached hydrogen (secondary N) is 1. The van der Waals surface area contributed by atoms with Gasteiger partial charge in [-0.2, -0.15) is 13.2 Å². The van der Waals surface area contributed by atoms with Crippen LogP contribution in [0.1, 0.15) is 34.3 Å². The van der Waals surface area contributed by atoms with Crippen LogP contribution in [0.2, 0.25) is 0 Å². The quantitative estimate of drug-likeness (QED) is 0.196. The summed E-state index contributed by atoms with van der Waals surface area (Å²) in [4.78, 5) is 38.4. The number of nitrogens with zero attached hydrogens (tertiary/aromatic N) is 1. The summed E-state index contributed by atoms with van der Waals surface area (Å²) in [5.41, 5.74) is 8.10. The number of rotatable bonds is 11. The van der Waals surface area contributed by atoms with Crippen molar-refractivity contribution in [3.8, 4) is 17.0 Å². The van der Waals surface area contributed by atoms with Crippen LogP contribution in [0.25, 0.3) is 11.3 Å². The molecule has 41 heavy (non-hydrogen) atoms. The summed E-state index contributed by atoms with van der Waals surface area (Å²) in [5, 5.41) is 2.34. The van der Waals surface area contributed by atoms with Gasteiger partial charge in [0.2, 0.25) is 12.0 Å². The lowest BCUT2D eigenvalue weighted by Gasteiger charge is -2.18. The SMILES string of the molecule is NC(=O)OCCCNC(=O)OCC(Oc1ccc(F)c(C(N)=O)c1F)c1nc(-c2ccc(C(F)(F)F)cc2)c(Br)o1. The zero-order chi connectivity index (χ0) is 30.3. The molecule has 0 saturated carbocycles. The molecule has 1 heterocycles. The maximum Gasteiger partial charge on any atom is 0.416 e. The number of nitrogens with two attached hydrogens (primary N) is 2. The summed E-state index contributed by atoms with van der Waals surface area (Å²) in [5.74, 6) is -5.13. The minimum atomic E-state index is -4.57. The molecule has 0 aliphatic carbocycles. The second-order valence-electron chi connectivity index (χ2n) is 8.00. The molecule has 0 spiro atoms. The van der Waals surface area contributed by atoms with Gasteiger partial charge in [0, 0.05) is 12.1 Å². The molecule has 0 bridgehead atoms. The number of primary amides is 2. The summed E-state index contributed by atoms with van der Waals surface area (Å²) >= 11 is 3.10. The molecule has 0 radical (unpaired) electrons. The van der Waals surface area contributed by atoms with E-state index in [1.165, 1.54) is 0 Å². The van der Waals surface area contributed by atoms with E-state index < -0.39 is 65.5 Å². The number of alkyl carbamates (subject to hydrolysis) is 1. The predicted molar refractivity (Wildman–Crippen MR) is 132 cm³/mol. The molecule has 3 rings (SSSR count). The number of alkyl halides is 3. The predicted octanol–water partition coefficient (Wildman–Crippen LogP) is 4.83. The Hall–Kier alpha value is -4.41. The minimum absolute atomic E-state index is 0.00875. The van der Waals surface area contributed by atoms with E-state index in [9.17, 15) is 36.3 Å². The highest BCUT2D eigenvalue weighted by atomic mass is 79.9. The first-order valence-electron chi connectivity index (χ1n) is 11.4. The summed E-state index contributed by atoms with van der Waals surface area (Å²) in [7, 11) is 0. The zero-order valence-electron chi connectivity index (χ0n) is 20.6. The van der Waals surface area contributed by atoms with Crippen molar-refractivity contribution in [3.63, 3.8) is 0 Å². The molecule has 11 nitrogen and oxygen atoms in total. The van der Waals surface area contributed by atoms with Crippen molar-refractivity contribution in [2.45, 2.75) is 18.7 Å². The minimum Gasteiger partial charge on any atom is -0.474 e. The lowest BCUT2D eigenvalue weighted by Crippen LogP contribution is -2.29. The lowest BCUT2D eigenvalue weighted by atomic mass is 10.1. The highest BCUT2D eigenvalue weighted by molar-refractivity contribution is 9.10. The van der Waals surface area contributed by atoms with Gasteiger partial charge in [-0.25, -0.2) is 23.4 Å². The van der Waals surface area contributed by atoms with Crippen molar-refractivity contribution in [2.75, 3.05) is 19.8 Å². The Morgan fingerprint density at radius 1 is 1.05 bits per heavy atom. The number of halogens is 6. The summed E-state index contributed by atoms with van der Waals surface area (Å²) in [6.45, 7) is -0.745. The van der Waals surface area contributed by atoms with Crippen LogP contribution in [0.5, 0.6) is 5.75 Å². The van der Waals surface area contributed by atoms with Gasteiger partial charge in [0.15, 0.2) is 16.2 Å². The third kappa shape index (κ3) is 8.29. The van der Waals surface area contributed by atoms with Crippen molar-refractivity contribution in [1.82, 2.24) is 10.3 Å². The fourth-order valence-electron chi connectivity index (χ4n) is 3.25. The van der Waals surface area contributed by atoms with E-state index in [0.29, 0.717) is 0 Å². The molecule has 0 fully saturated rings. The first-order valence-corrected chi connectivity index (χ1v) is 12.2. The number of benzene rings is 2. The van der Waals surface area contributed by atoms with Crippen molar-refractivity contribution < 1.29 is 55.0 Å².